The summed E-state index contributed by atoms with van der Waals surface area (Å²) >= 11 is 0. The van der Waals surface area contributed by atoms with E-state index in [9.17, 15) is 9.59 Å². The van der Waals surface area contributed by atoms with Gasteiger partial charge in [-0.2, -0.15) is 0 Å². The van der Waals surface area contributed by atoms with Gasteiger partial charge in [-0.05, 0) is 39.3 Å². The zero-order valence-corrected chi connectivity index (χ0v) is 19.3. The lowest BCUT2D eigenvalue weighted by atomic mass is 10.1. The van der Waals surface area contributed by atoms with Crippen molar-refractivity contribution in [2.24, 2.45) is 4.99 Å². The number of nitrogens with one attached hydrogen (secondary N) is 1. The maximum absolute atomic E-state index is 12.6. The molecule has 8 heteroatoms. The molecular formula is C23H34N4O4. The predicted molar refractivity (Wildman–Crippen MR) is 121 cm³/mol. The van der Waals surface area contributed by atoms with Crippen LogP contribution in [0.15, 0.2) is 47.2 Å². The monoisotopic (exact) mass is 430 g/mol. The van der Waals surface area contributed by atoms with Gasteiger partial charge in [-0.25, -0.2) is 9.59 Å². The van der Waals surface area contributed by atoms with Crippen molar-refractivity contribution >= 4 is 17.8 Å². The largest absolute Gasteiger partial charge is 0.467 e. The van der Waals surface area contributed by atoms with E-state index in [1.165, 1.54) is 12.0 Å². The number of esters is 1. The Morgan fingerprint density at radius 1 is 1.23 bits per heavy atom. The highest BCUT2D eigenvalue weighted by molar-refractivity contribution is 5.93. The zero-order chi connectivity index (χ0) is 23.0. The molecule has 1 aromatic carbocycles. The van der Waals surface area contributed by atoms with Gasteiger partial charge in [0.15, 0.2) is 6.04 Å². The van der Waals surface area contributed by atoms with Crippen molar-refractivity contribution in [3.05, 3.63) is 47.8 Å². The van der Waals surface area contributed by atoms with Gasteiger partial charge in [-0.15, -0.1) is 0 Å². The molecule has 1 atom stereocenters. The van der Waals surface area contributed by atoms with Crippen molar-refractivity contribution in [2.45, 2.75) is 45.9 Å². The van der Waals surface area contributed by atoms with E-state index in [1.807, 2.05) is 55.3 Å². The molecule has 0 saturated carbocycles. The summed E-state index contributed by atoms with van der Waals surface area (Å²) in [5.41, 5.74) is 1.35. The lowest BCUT2D eigenvalue weighted by Gasteiger charge is -2.41. The van der Waals surface area contributed by atoms with Crippen LogP contribution in [0, 0.1) is 0 Å². The van der Waals surface area contributed by atoms with Crippen LogP contribution in [0.4, 0.5) is 4.79 Å². The molecule has 1 N–H and O–H groups in total. The molecule has 0 unspecified atom stereocenters. The third kappa shape index (κ3) is 7.31. The highest BCUT2D eigenvalue weighted by Crippen LogP contribution is 2.19. The van der Waals surface area contributed by atoms with E-state index in [1.54, 1.807) is 20.8 Å². The maximum atomic E-state index is 12.6. The molecule has 2 rings (SSSR count). The number of methoxy groups -OCH3 is 1. The summed E-state index contributed by atoms with van der Waals surface area (Å²) in [6.45, 7) is 9.12. The molecule has 0 radical (unpaired) electrons. The number of rotatable bonds is 6. The third-order valence-electron chi connectivity index (χ3n) is 4.78. The minimum Gasteiger partial charge on any atom is -0.467 e. The van der Waals surface area contributed by atoms with Crippen LogP contribution < -0.4 is 5.32 Å². The number of aliphatic imine (C=N–C) groups is 1. The van der Waals surface area contributed by atoms with Gasteiger partial charge in [0, 0.05) is 25.8 Å². The molecule has 170 valence electrons. The first kappa shape index (κ1) is 24.2. The molecule has 1 aromatic rings. The summed E-state index contributed by atoms with van der Waals surface area (Å²) in [6.07, 6.45) is 1.43. The van der Waals surface area contributed by atoms with Crippen LogP contribution in [0.3, 0.4) is 0 Å². The van der Waals surface area contributed by atoms with E-state index >= 15 is 0 Å². The number of amides is 1. The van der Waals surface area contributed by atoms with Crippen LogP contribution in [-0.4, -0.2) is 73.0 Å². The van der Waals surface area contributed by atoms with Gasteiger partial charge in [0.25, 0.3) is 0 Å². The quantitative estimate of drug-likeness (QED) is 0.552. The second kappa shape index (κ2) is 10.8. The number of hydrogen-bond acceptors (Lipinski definition) is 7. The van der Waals surface area contributed by atoms with Crippen LogP contribution in [0.25, 0.3) is 0 Å². The first-order valence-electron chi connectivity index (χ1n) is 10.4. The van der Waals surface area contributed by atoms with Gasteiger partial charge in [0.2, 0.25) is 0 Å². The summed E-state index contributed by atoms with van der Waals surface area (Å²) in [5.74, 6) is 0.354. The second-order valence-electron chi connectivity index (χ2n) is 8.38. The van der Waals surface area contributed by atoms with Gasteiger partial charge in [0.05, 0.1) is 20.2 Å². The van der Waals surface area contributed by atoms with Crippen LogP contribution in [0.5, 0.6) is 0 Å². The van der Waals surface area contributed by atoms with E-state index in [-0.39, 0.29) is 0 Å². The normalized spacial score (nSPS) is 17.9. The van der Waals surface area contributed by atoms with Crippen molar-refractivity contribution in [2.75, 3.05) is 33.8 Å². The van der Waals surface area contributed by atoms with E-state index in [4.69, 9.17) is 9.47 Å². The van der Waals surface area contributed by atoms with Crippen LogP contribution in [0.1, 0.15) is 33.3 Å². The molecule has 1 fully saturated rings. The average Bonchev–Trinajstić information content (AvgIpc) is 2.74. The molecule has 0 aromatic heterocycles. The SMILES string of the molecule is CN/C(=C\C(C)=N\Cc1ccccc1)N1CCN(C(=O)OC(C)(C)C)[C@H](C(=O)OC)C1. The molecule has 1 aliphatic heterocycles. The molecule has 1 aliphatic rings. The van der Waals surface area contributed by atoms with Gasteiger partial charge in [0.1, 0.15) is 11.4 Å². The first-order valence-corrected chi connectivity index (χ1v) is 10.4. The van der Waals surface area contributed by atoms with Crippen molar-refractivity contribution in [3.63, 3.8) is 0 Å². The lowest BCUT2D eigenvalue weighted by Crippen LogP contribution is -2.59. The van der Waals surface area contributed by atoms with Crippen LogP contribution in [-0.2, 0) is 20.8 Å². The fourth-order valence-electron chi connectivity index (χ4n) is 3.24. The Kier molecular flexibility index (Phi) is 8.47. The number of piperazine rings is 1. The molecule has 31 heavy (non-hydrogen) atoms. The number of hydrogen-bond donors (Lipinski definition) is 1. The molecule has 1 heterocycles. The summed E-state index contributed by atoms with van der Waals surface area (Å²) < 4.78 is 10.4. The molecule has 8 nitrogen and oxygen atoms in total. The Morgan fingerprint density at radius 2 is 1.90 bits per heavy atom. The van der Waals surface area contributed by atoms with Crippen LogP contribution in [0.2, 0.25) is 0 Å². The number of ether oxygens (including phenoxy) is 2. The minimum absolute atomic E-state index is 0.296. The number of carbonyl (C=O) groups is 2. The molecule has 0 aliphatic carbocycles. The Hall–Kier alpha value is -3.03. The Labute approximate surface area is 184 Å². The van der Waals surface area contributed by atoms with Crippen molar-refractivity contribution in [1.82, 2.24) is 15.1 Å². The van der Waals surface area contributed by atoms with Crippen molar-refractivity contribution < 1.29 is 19.1 Å². The van der Waals surface area contributed by atoms with E-state index in [0.29, 0.717) is 26.2 Å². The molecule has 0 spiro atoms. The van der Waals surface area contributed by atoms with E-state index in [2.05, 4.69) is 10.3 Å². The number of allylic oxidation sites excluding steroid dienone is 1. The smallest absolute Gasteiger partial charge is 0.411 e. The van der Waals surface area contributed by atoms with E-state index in [0.717, 1.165) is 17.1 Å². The van der Waals surface area contributed by atoms with E-state index < -0.39 is 23.7 Å². The summed E-state index contributed by atoms with van der Waals surface area (Å²) in [7, 11) is 3.15. The summed E-state index contributed by atoms with van der Waals surface area (Å²) in [4.78, 5) is 33.1. The topological polar surface area (TPSA) is 83.5 Å². The van der Waals surface area contributed by atoms with Gasteiger partial charge < -0.3 is 19.7 Å². The third-order valence-corrected chi connectivity index (χ3v) is 4.78. The molecule has 0 bridgehead atoms. The number of benzene rings is 1. The predicted octanol–water partition coefficient (Wildman–Crippen LogP) is 2.80. The van der Waals surface area contributed by atoms with Crippen LogP contribution >= 0.6 is 0 Å². The van der Waals surface area contributed by atoms with Gasteiger partial charge in [-0.1, -0.05) is 30.3 Å². The molecule has 1 amide bonds. The number of nitrogens with zero attached hydrogens (tertiary/aromatic N) is 3. The Bertz CT molecular complexity index is 815. The zero-order valence-electron chi connectivity index (χ0n) is 19.3. The Morgan fingerprint density at radius 3 is 2.48 bits per heavy atom. The molecular weight excluding hydrogens is 396 g/mol. The summed E-state index contributed by atoms with van der Waals surface area (Å²) in [5, 5.41) is 3.18. The first-order chi connectivity index (χ1) is 14.6. The average molecular weight is 431 g/mol. The highest BCUT2D eigenvalue weighted by atomic mass is 16.6. The Balaban J connectivity index is 2.14. The lowest BCUT2D eigenvalue weighted by molar-refractivity contribution is -0.148. The van der Waals surface area contributed by atoms with Gasteiger partial charge >= 0.3 is 12.1 Å². The maximum Gasteiger partial charge on any atom is 0.411 e. The fraction of sp³-hybridized carbons (Fsp3) is 0.522. The minimum atomic E-state index is -0.757. The highest BCUT2D eigenvalue weighted by Gasteiger charge is 2.38. The van der Waals surface area contributed by atoms with Gasteiger partial charge in [-0.3, -0.25) is 9.89 Å². The summed E-state index contributed by atoms with van der Waals surface area (Å²) in [6, 6.07) is 9.28. The molecule has 1 saturated heterocycles. The van der Waals surface area contributed by atoms with Crippen molar-refractivity contribution in [1.29, 1.82) is 0 Å². The fourth-order valence-corrected chi connectivity index (χ4v) is 3.24. The van der Waals surface area contributed by atoms with Crippen molar-refractivity contribution in [3.8, 4) is 0 Å². The number of carbonyl (C=O) groups excluding carboxylic acids is 2. The second-order valence-corrected chi connectivity index (χ2v) is 8.38. The standard InChI is InChI=1S/C23H34N4O4/c1-17(25-15-18-10-8-7-9-11-18)14-20(24-5)26-12-13-27(19(16-26)21(28)30-6)22(29)31-23(2,3)4/h7-11,14,19,24H,12-13,15-16H2,1-6H3/b20-14+,25-17+/t19-/m0/s1.